The van der Waals surface area contributed by atoms with E-state index < -0.39 is 6.09 Å². The SMILES string of the molecule is Nc1cccc2c(=O)n(CC3CCCN3C(=O)O)ccc12. The maximum Gasteiger partial charge on any atom is 0.407 e. The smallest absolute Gasteiger partial charge is 0.407 e. The van der Waals surface area contributed by atoms with Gasteiger partial charge in [-0.3, -0.25) is 4.79 Å². The van der Waals surface area contributed by atoms with E-state index >= 15 is 0 Å². The van der Waals surface area contributed by atoms with Gasteiger partial charge in [0.2, 0.25) is 0 Å². The molecule has 2 aromatic rings. The molecule has 1 aliphatic rings. The van der Waals surface area contributed by atoms with Gasteiger partial charge in [0.15, 0.2) is 0 Å². The van der Waals surface area contributed by atoms with Crippen molar-refractivity contribution in [3.8, 4) is 0 Å². The van der Waals surface area contributed by atoms with Gasteiger partial charge in [-0.2, -0.15) is 0 Å². The number of fused-ring (bicyclic) bond motifs is 1. The van der Waals surface area contributed by atoms with Gasteiger partial charge in [-0.15, -0.1) is 0 Å². The van der Waals surface area contributed by atoms with E-state index in [4.69, 9.17) is 10.8 Å². The summed E-state index contributed by atoms with van der Waals surface area (Å²) < 4.78 is 1.58. The molecule has 21 heavy (non-hydrogen) atoms. The van der Waals surface area contributed by atoms with Crippen molar-refractivity contribution in [3.63, 3.8) is 0 Å². The monoisotopic (exact) mass is 287 g/mol. The molecule has 1 aromatic carbocycles. The number of aromatic nitrogens is 1. The van der Waals surface area contributed by atoms with E-state index in [1.54, 1.807) is 29.0 Å². The molecule has 1 saturated heterocycles. The second-order valence-electron chi connectivity index (χ2n) is 5.35. The normalized spacial score (nSPS) is 18.3. The molecule has 1 atom stereocenters. The fourth-order valence-electron chi connectivity index (χ4n) is 2.99. The number of nitrogens with two attached hydrogens (primary N) is 1. The van der Waals surface area contributed by atoms with Gasteiger partial charge in [0, 0.05) is 35.7 Å². The summed E-state index contributed by atoms with van der Waals surface area (Å²) in [7, 11) is 0. The fourth-order valence-corrected chi connectivity index (χ4v) is 2.99. The summed E-state index contributed by atoms with van der Waals surface area (Å²) in [5.41, 5.74) is 6.31. The molecular formula is C15H17N3O3. The number of benzene rings is 1. The molecule has 1 unspecified atom stereocenters. The van der Waals surface area contributed by atoms with Crippen molar-refractivity contribution in [2.45, 2.75) is 25.4 Å². The van der Waals surface area contributed by atoms with Crippen molar-refractivity contribution >= 4 is 22.6 Å². The summed E-state index contributed by atoms with van der Waals surface area (Å²) in [4.78, 5) is 25.1. The van der Waals surface area contributed by atoms with Gasteiger partial charge in [-0.25, -0.2) is 4.79 Å². The minimum absolute atomic E-state index is 0.128. The van der Waals surface area contributed by atoms with Gasteiger partial charge in [-0.1, -0.05) is 6.07 Å². The van der Waals surface area contributed by atoms with Gasteiger partial charge in [0.05, 0.1) is 6.04 Å². The van der Waals surface area contributed by atoms with Crippen LogP contribution in [0.2, 0.25) is 0 Å². The van der Waals surface area contributed by atoms with Gasteiger partial charge in [0.1, 0.15) is 0 Å². The third-order valence-corrected chi connectivity index (χ3v) is 4.08. The molecular weight excluding hydrogens is 270 g/mol. The molecule has 0 bridgehead atoms. The van der Waals surface area contributed by atoms with Gasteiger partial charge < -0.3 is 20.3 Å². The first-order valence-corrected chi connectivity index (χ1v) is 6.95. The Morgan fingerprint density at radius 3 is 2.90 bits per heavy atom. The Morgan fingerprint density at radius 1 is 1.33 bits per heavy atom. The summed E-state index contributed by atoms with van der Waals surface area (Å²) in [6.07, 6.45) is 2.40. The Hall–Kier alpha value is -2.50. The molecule has 6 nitrogen and oxygen atoms in total. The van der Waals surface area contributed by atoms with Gasteiger partial charge in [-0.05, 0) is 31.0 Å². The molecule has 110 valence electrons. The Morgan fingerprint density at radius 2 is 2.14 bits per heavy atom. The lowest BCUT2D eigenvalue weighted by molar-refractivity contribution is 0.136. The van der Waals surface area contributed by atoms with Crippen molar-refractivity contribution in [1.29, 1.82) is 0 Å². The van der Waals surface area contributed by atoms with Crippen molar-refractivity contribution in [2.24, 2.45) is 0 Å². The van der Waals surface area contributed by atoms with Crippen LogP contribution in [0.1, 0.15) is 12.8 Å². The Labute approximate surface area is 121 Å². The number of carbonyl (C=O) groups is 1. The summed E-state index contributed by atoms with van der Waals surface area (Å²) in [6.45, 7) is 0.922. The van der Waals surface area contributed by atoms with E-state index in [1.165, 1.54) is 4.90 Å². The molecule has 1 aromatic heterocycles. The predicted molar refractivity (Wildman–Crippen MR) is 80.4 cm³/mol. The lowest BCUT2D eigenvalue weighted by atomic mass is 10.1. The second-order valence-corrected chi connectivity index (χ2v) is 5.35. The zero-order valence-electron chi connectivity index (χ0n) is 11.5. The highest BCUT2D eigenvalue weighted by Crippen LogP contribution is 2.20. The third-order valence-electron chi connectivity index (χ3n) is 4.08. The molecule has 6 heteroatoms. The first-order valence-electron chi connectivity index (χ1n) is 6.95. The molecule has 1 fully saturated rings. The number of nitrogens with zero attached hydrogens (tertiary/aromatic N) is 2. The molecule has 1 amide bonds. The number of carboxylic acid groups (broad SMARTS) is 1. The van der Waals surface area contributed by atoms with E-state index in [0.29, 0.717) is 24.2 Å². The fraction of sp³-hybridized carbons (Fsp3) is 0.333. The molecule has 1 aliphatic heterocycles. The van der Waals surface area contributed by atoms with Crippen LogP contribution in [0.15, 0.2) is 35.3 Å². The zero-order chi connectivity index (χ0) is 15.0. The second kappa shape index (κ2) is 5.12. The summed E-state index contributed by atoms with van der Waals surface area (Å²) in [5.74, 6) is 0. The minimum Gasteiger partial charge on any atom is -0.465 e. The van der Waals surface area contributed by atoms with E-state index in [1.807, 2.05) is 6.07 Å². The van der Waals surface area contributed by atoms with E-state index in [-0.39, 0.29) is 11.6 Å². The molecule has 2 heterocycles. The quantitative estimate of drug-likeness (QED) is 0.823. The number of likely N-dealkylation sites (tertiary alicyclic amines) is 1. The zero-order valence-corrected chi connectivity index (χ0v) is 11.5. The van der Waals surface area contributed by atoms with Crippen LogP contribution in [0.5, 0.6) is 0 Å². The van der Waals surface area contributed by atoms with E-state index in [9.17, 15) is 9.59 Å². The number of nitrogen functional groups attached to an aromatic ring is 1. The highest BCUT2D eigenvalue weighted by atomic mass is 16.4. The van der Waals surface area contributed by atoms with Crippen LogP contribution in [0, 0.1) is 0 Å². The number of anilines is 1. The van der Waals surface area contributed by atoms with Gasteiger partial charge in [0.25, 0.3) is 5.56 Å². The predicted octanol–water partition coefficient (Wildman–Crippen LogP) is 1.73. The average Bonchev–Trinajstić information content (AvgIpc) is 2.91. The standard InChI is InChI=1S/C15H17N3O3/c16-13-5-1-4-12-11(13)6-8-17(14(12)19)9-10-3-2-7-18(10)15(20)21/h1,4-6,8,10H,2-3,7,9,16H2,(H,20,21). The molecule has 3 N–H and O–H groups in total. The summed E-state index contributed by atoms with van der Waals surface area (Å²) >= 11 is 0. The molecule has 0 aliphatic carbocycles. The van der Waals surface area contributed by atoms with Crippen LogP contribution in [-0.4, -0.2) is 33.3 Å². The molecule has 0 spiro atoms. The number of hydrogen-bond donors (Lipinski definition) is 2. The largest absolute Gasteiger partial charge is 0.465 e. The van der Waals surface area contributed by atoms with E-state index in [2.05, 4.69) is 0 Å². The number of amides is 1. The van der Waals surface area contributed by atoms with Crippen LogP contribution in [0.4, 0.5) is 10.5 Å². The molecule has 0 radical (unpaired) electrons. The Bertz CT molecular complexity index is 753. The van der Waals surface area contributed by atoms with Crippen molar-refractivity contribution in [3.05, 3.63) is 40.8 Å². The summed E-state index contributed by atoms with van der Waals surface area (Å²) in [6, 6.07) is 6.93. The Kier molecular flexibility index (Phi) is 3.29. The summed E-state index contributed by atoms with van der Waals surface area (Å²) in [5, 5.41) is 10.5. The first kappa shape index (κ1) is 13.5. The lowest BCUT2D eigenvalue weighted by Gasteiger charge is -2.22. The maximum absolute atomic E-state index is 12.5. The van der Waals surface area contributed by atoms with Crippen LogP contribution in [-0.2, 0) is 6.54 Å². The van der Waals surface area contributed by atoms with Crippen LogP contribution in [0.25, 0.3) is 10.8 Å². The highest BCUT2D eigenvalue weighted by molar-refractivity contribution is 5.91. The molecule has 3 rings (SSSR count). The lowest BCUT2D eigenvalue weighted by Crippen LogP contribution is -2.39. The van der Waals surface area contributed by atoms with Crippen LogP contribution < -0.4 is 11.3 Å². The van der Waals surface area contributed by atoms with Crippen molar-refractivity contribution < 1.29 is 9.90 Å². The number of rotatable bonds is 2. The van der Waals surface area contributed by atoms with Crippen molar-refractivity contribution in [2.75, 3.05) is 12.3 Å². The topological polar surface area (TPSA) is 88.6 Å². The molecule has 0 saturated carbocycles. The minimum atomic E-state index is -0.921. The van der Waals surface area contributed by atoms with Crippen LogP contribution in [0.3, 0.4) is 0 Å². The number of hydrogen-bond acceptors (Lipinski definition) is 3. The third kappa shape index (κ3) is 2.33. The first-order chi connectivity index (χ1) is 10.1. The maximum atomic E-state index is 12.5. The van der Waals surface area contributed by atoms with E-state index in [0.717, 1.165) is 18.2 Å². The highest BCUT2D eigenvalue weighted by Gasteiger charge is 2.28. The van der Waals surface area contributed by atoms with Gasteiger partial charge >= 0.3 is 6.09 Å². The number of pyridine rings is 1. The average molecular weight is 287 g/mol. The van der Waals surface area contributed by atoms with Crippen LogP contribution >= 0.6 is 0 Å². The van der Waals surface area contributed by atoms with Crippen molar-refractivity contribution in [1.82, 2.24) is 9.47 Å². The Balaban J connectivity index is 1.97.